The minimum atomic E-state index is -1.46. The van der Waals surface area contributed by atoms with Crippen molar-refractivity contribution in [3.8, 4) is 0 Å². The van der Waals surface area contributed by atoms with Crippen LogP contribution in [0.15, 0.2) is 40.1 Å². The van der Waals surface area contributed by atoms with Crippen molar-refractivity contribution in [1.82, 2.24) is 15.5 Å². The van der Waals surface area contributed by atoms with Gasteiger partial charge in [-0.05, 0) is 26.2 Å². The third-order valence-electron chi connectivity index (χ3n) is 3.96. The quantitative estimate of drug-likeness (QED) is 0.102. The number of furan rings is 1. The van der Waals surface area contributed by atoms with Crippen LogP contribution in [0.4, 0.5) is 0 Å². The molecule has 33 heavy (non-hydrogen) atoms. The topological polar surface area (TPSA) is 194 Å². The highest BCUT2D eigenvalue weighted by Crippen LogP contribution is 2.19. The second kappa shape index (κ2) is 14.3. The first kappa shape index (κ1) is 28.1. The molecule has 0 amide bonds. The molecule has 0 bridgehead atoms. The zero-order valence-electron chi connectivity index (χ0n) is 18.5. The van der Waals surface area contributed by atoms with E-state index in [0.29, 0.717) is 12.4 Å². The molecule has 5 N–H and O–H groups in total. The van der Waals surface area contributed by atoms with E-state index in [1.165, 1.54) is 0 Å². The average Bonchev–Trinajstić information content (AvgIpc) is 3.30. The summed E-state index contributed by atoms with van der Waals surface area (Å²) in [7, 11) is 5.64. The van der Waals surface area contributed by atoms with Gasteiger partial charge in [0.15, 0.2) is 11.9 Å². The summed E-state index contributed by atoms with van der Waals surface area (Å²) in [5.74, 6) is 0.696. The molecule has 0 fully saturated rings. The van der Waals surface area contributed by atoms with Crippen molar-refractivity contribution in [2.24, 2.45) is 0 Å². The summed E-state index contributed by atoms with van der Waals surface area (Å²) in [6.07, 6.45) is -1.96. The van der Waals surface area contributed by atoms with Crippen LogP contribution in [0, 0.1) is 10.1 Å². The molecule has 1 aromatic rings. The van der Waals surface area contributed by atoms with E-state index >= 15 is 0 Å². The molecule has 0 radical (unpaired) electrons. The van der Waals surface area contributed by atoms with Crippen molar-refractivity contribution < 1.29 is 39.3 Å². The summed E-state index contributed by atoms with van der Waals surface area (Å²) in [4.78, 5) is 22.4. The van der Waals surface area contributed by atoms with Crippen LogP contribution in [0.1, 0.15) is 11.5 Å². The number of ether oxygens (including phenoxy) is 1. The molecular weight excluding hydrogens is 460 g/mol. The number of cyclic esters (lactones) is 1. The summed E-state index contributed by atoms with van der Waals surface area (Å²) < 4.78 is 9.95. The molecular formula is C19H29N4O9S-. The Labute approximate surface area is 194 Å². The second-order valence-corrected chi connectivity index (χ2v) is 8.06. The first-order valence-electron chi connectivity index (χ1n) is 9.76. The molecule has 0 saturated heterocycles. The van der Waals surface area contributed by atoms with Crippen molar-refractivity contribution >= 4 is 17.7 Å². The number of nitrogens with one attached hydrogen (secondary N) is 2. The number of aliphatic hydroxyl groups excluding tert-OH is 3. The number of carbonyl (C=O) groups is 1. The van der Waals surface area contributed by atoms with Crippen LogP contribution in [-0.4, -0.2) is 83.4 Å². The summed E-state index contributed by atoms with van der Waals surface area (Å²) >= 11 is 1.72. The smallest absolute Gasteiger partial charge is 0.327 e. The Hall–Kier alpha value is -2.94. The van der Waals surface area contributed by atoms with Crippen LogP contribution in [0.2, 0.25) is 0 Å². The van der Waals surface area contributed by atoms with Crippen molar-refractivity contribution in [3.63, 3.8) is 0 Å². The van der Waals surface area contributed by atoms with E-state index in [2.05, 4.69) is 20.3 Å². The highest BCUT2D eigenvalue weighted by molar-refractivity contribution is 7.98. The van der Waals surface area contributed by atoms with Crippen LogP contribution in [0.3, 0.4) is 0 Å². The Morgan fingerprint density at radius 2 is 2.06 bits per heavy atom. The Bertz CT molecular complexity index is 841. The molecule has 186 valence electrons. The van der Waals surface area contributed by atoms with Crippen LogP contribution < -0.4 is 15.7 Å². The second-order valence-electron chi connectivity index (χ2n) is 6.95. The first-order chi connectivity index (χ1) is 15.6. The molecule has 2 rings (SSSR count). The molecule has 1 aromatic heterocycles. The van der Waals surface area contributed by atoms with E-state index in [9.17, 15) is 20.0 Å². The molecule has 1 aliphatic rings. The lowest BCUT2D eigenvalue weighted by atomic mass is 10.2. The van der Waals surface area contributed by atoms with Crippen LogP contribution >= 0.6 is 11.8 Å². The number of hydrogen-bond acceptors (Lipinski definition) is 13. The molecule has 2 atom stereocenters. The number of rotatable bonds is 12. The van der Waals surface area contributed by atoms with E-state index in [1.807, 2.05) is 26.2 Å². The number of esters is 1. The Morgan fingerprint density at radius 1 is 1.39 bits per heavy atom. The van der Waals surface area contributed by atoms with Crippen molar-refractivity contribution in [3.05, 3.63) is 57.3 Å². The van der Waals surface area contributed by atoms with Crippen molar-refractivity contribution in [1.29, 1.82) is 0 Å². The van der Waals surface area contributed by atoms with E-state index < -0.39 is 41.2 Å². The Morgan fingerprint density at radius 3 is 2.58 bits per heavy atom. The zero-order chi connectivity index (χ0) is 25.0. The summed E-state index contributed by atoms with van der Waals surface area (Å²) in [6, 6.07) is 3.98. The monoisotopic (exact) mass is 489 g/mol. The van der Waals surface area contributed by atoms with Crippen LogP contribution in [0.25, 0.3) is 0 Å². The lowest BCUT2D eigenvalue weighted by Crippen LogP contribution is -2.31. The number of thioether (sulfide) groups is 1. The maximum absolute atomic E-state index is 10.6. The first-order valence-corrected chi connectivity index (χ1v) is 10.9. The number of nitro groups is 1. The van der Waals surface area contributed by atoms with Gasteiger partial charge in [0.1, 0.15) is 23.4 Å². The fraction of sp³-hybridized carbons (Fsp3) is 0.526. The predicted octanol–water partition coefficient (Wildman–Crippen LogP) is -1.15. The zero-order valence-corrected chi connectivity index (χ0v) is 19.3. The standard InChI is InChI=1S/C13H22N4O3S.C6H8O6/c1-14-13(9-17(18)19)15-6-7-21-10-12-5-4-11(20-12)8-16(2)3;7-1-2(8)5-3(9)4(10)6(11)12-5/h4-5,9,14-15H,6-8,10H2,1-3H3;2,5,7-10H,1H2/p-1/t;2-,5+/m.0/s1. The van der Waals surface area contributed by atoms with E-state index in [1.54, 1.807) is 18.8 Å². The van der Waals surface area contributed by atoms with Gasteiger partial charge in [0, 0.05) is 25.1 Å². The minimum Gasteiger partial charge on any atom is -0.865 e. The van der Waals surface area contributed by atoms with Gasteiger partial charge in [0.2, 0.25) is 0 Å². The Balaban J connectivity index is 0.000000383. The summed E-state index contributed by atoms with van der Waals surface area (Å²) in [5, 5.41) is 52.8. The highest BCUT2D eigenvalue weighted by atomic mass is 32.2. The molecule has 13 nitrogen and oxygen atoms in total. The van der Waals surface area contributed by atoms with E-state index in [0.717, 1.165) is 35.8 Å². The molecule has 1 aliphatic heterocycles. The number of aliphatic hydroxyl groups is 3. The molecule has 2 heterocycles. The number of nitrogens with zero attached hydrogens (tertiary/aromatic N) is 2. The lowest BCUT2D eigenvalue weighted by molar-refractivity contribution is -0.404. The van der Waals surface area contributed by atoms with Gasteiger partial charge in [0.05, 0.1) is 23.8 Å². The van der Waals surface area contributed by atoms with Crippen LogP contribution in [0.5, 0.6) is 0 Å². The number of carbonyl (C=O) groups excluding carboxylic acids is 1. The summed E-state index contributed by atoms with van der Waals surface area (Å²) in [6.45, 7) is 0.745. The van der Waals surface area contributed by atoms with Gasteiger partial charge in [-0.25, -0.2) is 4.79 Å². The third-order valence-corrected chi connectivity index (χ3v) is 4.94. The van der Waals surface area contributed by atoms with Gasteiger partial charge < -0.3 is 45.1 Å². The van der Waals surface area contributed by atoms with Crippen LogP contribution in [-0.2, 0) is 21.8 Å². The van der Waals surface area contributed by atoms with Gasteiger partial charge in [-0.2, -0.15) is 11.8 Å². The van der Waals surface area contributed by atoms with Gasteiger partial charge in [0.25, 0.3) is 6.20 Å². The van der Waals surface area contributed by atoms with E-state index in [-0.39, 0.29) is 0 Å². The average molecular weight is 490 g/mol. The predicted molar refractivity (Wildman–Crippen MR) is 117 cm³/mol. The van der Waals surface area contributed by atoms with Gasteiger partial charge >= 0.3 is 5.97 Å². The number of hydrogen-bond donors (Lipinski definition) is 5. The SMILES string of the molecule is CNC(=C[N+](=O)[O-])NCCSCc1ccc(CN(C)C)o1.O=C1O[C@H]([C@@H](O)CO)C(O)=C1[O-]. The molecule has 0 spiro atoms. The highest BCUT2D eigenvalue weighted by Gasteiger charge is 2.34. The maximum atomic E-state index is 10.6. The molecule has 0 saturated carbocycles. The minimum absolute atomic E-state index is 0.409. The van der Waals surface area contributed by atoms with Gasteiger partial charge in [-0.3, -0.25) is 10.1 Å². The molecule has 14 heteroatoms. The van der Waals surface area contributed by atoms with E-state index in [4.69, 9.17) is 19.7 Å². The van der Waals surface area contributed by atoms with Gasteiger partial charge in [-0.15, -0.1) is 0 Å². The molecule has 0 aliphatic carbocycles. The van der Waals surface area contributed by atoms with Gasteiger partial charge in [-0.1, -0.05) is 0 Å². The Kier molecular flexibility index (Phi) is 12.1. The summed E-state index contributed by atoms with van der Waals surface area (Å²) in [5.41, 5.74) is 0. The maximum Gasteiger partial charge on any atom is 0.327 e. The largest absolute Gasteiger partial charge is 0.865 e. The molecule has 0 unspecified atom stereocenters. The van der Waals surface area contributed by atoms with Crippen molar-refractivity contribution in [2.45, 2.75) is 24.5 Å². The fourth-order valence-corrected chi connectivity index (χ4v) is 3.19. The van der Waals surface area contributed by atoms with Crippen molar-refractivity contribution in [2.75, 3.05) is 40.0 Å². The fourth-order valence-electron chi connectivity index (χ4n) is 2.45. The molecule has 0 aromatic carbocycles. The normalized spacial score (nSPS) is 16.8. The third kappa shape index (κ3) is 10.0. The lowest BCUT2D eigenvalue weighted by Gasteiger charge is -2.14.